The molecule has 0 amide bonds. The van der Waals surface area contributed by atoms with E-state index in [1.807, 2.05) is 11.3 Å². The Morgan fingerprint density at radius 1 is 1.29 bits per heavy atom. The molecule has 0 saturated heterocycles. The molecule has 90 valence electrons. The Balaban J connectivity index is 2.06. The Morgan fingerprint density at radius 3 is 2.82 bits per heavy atom. The van der Waals surface area contributed by atoms with Crippen molar-refractivity contribution in [1.29, 1.82) is 0 Å². The fourth-order valence-electron chi connectivity index (χ4n) is 2.91. The van der Waals surface area contributed by atoms with Crippen LogP contribution in [0.3, 0.4) is 0 Å². The zero-order valence-electron chi connectivity index (χ0n) is 10.6. The van der Waals surface area contributed by atoms with Crippen molar-refractivity contribution in [3.63, 3.8) is 0 Å². The van der Waals surface area contributed by atoms with Crippen molar-refractivity contribution in [1.82, 2.24) is 5.32 Å². The van der Waals surface area contributed by atoms with Crippen molar-refractivity contribution in [2.24, 2.45) is 4.99 Å². The van der Waals surface area contributed by atoms with Gasteiger partial charge in [-0.1, -0.05) is 0 Å². The Bertz CT molecular complexity index is 522. The number of amidine groups is 1. The summed E-state index contributed by atoms with van der Waals surface area (Å²) in [5.41, 5.74) is 4.38. The molecule has 1 aromatic heterocycles. The Morgan fingerprint density at radius 2 is 2.12 bits per heavy atom. The van der Waals surface area contributed by atoms with Gasteiger partial charge in [0.15, 0.2) is 0 Å². The highest BCUT2D eigenvalue weighted by molar-refractivity contribution is 7.12. The second-order valence-corrected chi connectivity index (χ2v) is 6.43. The lowest BCUT2D eigenvalue weighted by molar-refractivity contribution is 0.766. The fraction of sp³-hybridized carbons (Fsp3) is 0.500. The average molecular weight is 246 g/mol. The topological polar surface area (TPSA) is 24.4 Å². The van der Waals surface area contributed by atoms with Gasteiger partial charge in [0.25, 0.3) is 0 Å². The van der Waals surface area contributed by atoms with Crippen LogP contribution in [0.25, 0.3) is 0 Å². The number of aryl methyl sites for hydroxylation is 2. The third-order valence-corrected chi connectivity index (χ3v) is 4.60. The van der Waals surface area contributed by atoms with Crippen LogP contribution in [0, 0.1) is 13.8 Å². The molecule has 1 aliphatic carbocycles. The summed E-state index contributed by atoms with van der Waals surface area (Å²) in [4.78, 5) is 7.64. The van der Waals surface area contributed by atoms with Crippen molar-refractivity contribution in [2.75, 3.05) is 0 Å². The van der Waals surface area contributed by atoms with Gasteiger partial charge in [-0.25, -0.2) is 0 Å². The molecule has 0 spiro atoms. The maximum Gasteiger partial charge on any atom is 0.101 e. The van der Waals surface area contributed by atoms with Gasteiger partial charge in [0, 0.05) is 15.5 Å². The zero-order chi connectivity index (χ0) is 12.0. The number of nitrogens with zero attached hydrogens (tertiary/aromatic N) is 1. The summed E-state index contributed by atoms with van der Waals surface area (Å²) in [6, 6.07) is 2.61. The Kier molecular flexibility index (Phi) is 2.58. The molecule has 17 heavy (non-hydrogen) atoms. The molecule has 1 aromatic rings. The molecule has 0 bridgehead atoms. The molecule has 0 fully saturated rings. The van der Waals surface area contributed by atoms with Gasteiger partial charge in [-0.15, -0.1) is 11.3 Å². The highest BCUT2D eigenvalue weighted by Crippen LogP contribution is 2.41. The SMILES string of the molecule is CC1=NC(c2cc(C)sc2C)C2=C(CCC2)N1. The van der Waals surface area contributed by atoms with Crippen molar-refractivity contribution >= 4 is 17.2 Å². The van der Waals surface area contributed by atoms with E-state index in [-0.39, 0.29) is 0 Å². The van der Waals surface area contributed by atoms with E-state index in [1.165, 1.54) is 45.9 Å². The minimum absolute atomic E-state index is 0.290. The molecule has 1 N–H and O–H groups in total. The predicted molar refractivity (Wildman–Crippen MR) is 73.7 cm³/mol. The van der Waals surface area contributed by atoms with Gasteiger partial charge < -0.3 is 5.32 Å². The van der Waals surface area contributed by atoms with Crippen LogP contribution in [-0.2, 0) is 0 Å². The van der Waals surface area contributed by atoms with Crippen molar-refractivity contribution in [3.05, 3.63) is 32.7 Å². The van der Waals surface area contributed by atoms with Gasteiger partial charge in [-0.2, -0.15) is 0 Å². The molecule has 1 atom stereocenters. The Labute approximate surface area is 106 Å². The summed E-state index contributed by atoms with van der Waals surface area (Å²) in [7, 11) is 0. The monoisotopic (exact) mass is 246 g/mol. The second-order valence-electron chi connectivity index (χ2n) is 4.97. The molecule has 3 heteroatoms. The lowest BCUT2D eigenvalue weighted by Crippen LogP contribution is -2.26. The molecular weight excluding hydrogens is 228 g/mol. The fourth-order valence-corrected chi connectivity index (χ4v) is 3.87. The van der Waals surface area contributed by atoms with Crippen LogP contribution in [0.4, 0.5) is 0 Å². The summed E-state index contributed by atoms with van der Waals surface area (Å²) in [6.07, 6.45) is 3.68. The van der Waals surface area contributed by atoms with Crippen LogP contribution in [0.1, 0.15) is 47.5 Å². The molecule has 2 heterocycles. The summed E-state index contributed by atoms with van der Waals surface area (Å²) in [6.45, 7) is 6.47. The largest absolute Gasteiger partial charge is 0.348 e. The maximum atomic E-state index is 4.82. The molecular formula is C14H18N2S. The smallest absolute Gasteiger partial charge is 0.101 e. The van der Waals surface area contributed by atoms with E-state index in [1.54, 1.807) is 0 Å². The van der Waals surface area contributed by atoms with E-state index >= 15 is 0 Å². The van der Waals surface area contributed by atoms with Gasteiger partial charge in [0.2, 0.25) is 0 Å². The van der Waals surface area contributed by atoms with Crippen LogP contribution in [-0.4, -0.2) is 5.84 Å². The minimum atomic E-state index is 0.290. The number of rotatable bonds is 1. The first-order chi connectivity index (χ1) is 8.15. The number of aliphatic imine (C=N–C) groups is 1. The summed E-state index contributed by atoms with van der Waals surface area (Å²) in [5.74, 6) is 1.07. The third-order valence-electron chi connectivity index (χ3n) is 3.62. The van der Waals surface area contributed by atoms with Crippen molar-refractivity contribution < 1.29 is 0 Å². The minimum Gasteiger partial charge on any atom is -0.348 e. The maximum absolute atomic E-state index is 4.82. The van der Waals surface area contributed by atoms with Gasteiger partial charge in [-0.3, -0.25) is 4.99 Å². The van der Waals surface area contributed by atoms with E-state index in [9.17, 15) is 0 Å². The molecule has 3 rings (SSSR count). The van der Waals surface area contributed by atoms with Crippen LogP contribution >= 0.6 is 11.3 Å². The lowest BCUT2D eigenvalue weighted by Gasteiger charge is -2.23. The highest BCUT2D eigenvalue weighted by Gasteiger charge is 2.28. The van der Waals surface area contributed by atoms with Crippen molar-refractivity contribution in [3.8, 4) is 0 Å². The predicted octanol–water partition coefficient (Wildman–Crippen LogP) is 3.87. The molecule has 1 unspecified atom stereocenters. The van der Waals surface area contributed by atoms with E-state index in [4.69, 9.17) is 4.99 Å². The molecule has 2 aliphatic rings. The molecule has 1 aliphatic heterocycles. The Hall–Kier alpha value is -1.09. The quantitative estimate of drug-likeness (QED) is 0.799. The number of allylic oxidation sites excluding steroid dienone is 1. The summed E-state index contributed by atoms with van der Waals surface area (Å²) >= 11 is 1.89. The zero-order valence-corrected chi connectivity index (χ0v) is 11.4. The van der Waals surface area contributed by atoms with E-state index in [0.29, 0.717) is 6.04 Å². The van der Waals surface area contributed by atoms with Gasteiger partial charge in [-0.05, 0) is 57.2 Å². The lowest BCUT2D eigenvalue weighted by atomic mass is 9.97. The van der Waals surface area contributed by atoms with Gasteiger partial charge in [0.1, 0.15) is 6.04 Å². The van der Waals surface area contributed by atoms with Crippen molar-refractivity contribution in [2.45, 2.75) is 46.1 Å². The first-order valence-electron chi connectivity index (χ1n) is 6.25. The standard InChI is InChI=1S/C14H18N2S/c1-8-7-12(9(2)17-8)14-11-5-4-6-13(11)15-10(3)16-14/h7,14H,4-6H2,1-3H3,(H,15,16). The molecule has 0 aromatic carbocycles. The molecule has 2 nitrogen and oxygen atoms in total. The van der Waals surface area contributed by atoms with E-state index in [0.717, 1.165) is 5.84 Å². The summed E-state index contributed by atoms with van der Waals surface area (Å²) in [5, 5.41) is 3.44. The number of hydrogen-bond donors (Lipinski definition) is 1. The average Bonchev–Trinajstić information content (AvgIpc) is 2.83. The van der Waals surface area contributed by atoms with Crippen LogP contribution < -0.4 is 5.32 Å². The highest BCUT2D eigenvalue weighted by atomic mass is 32.1. The first kappa shape index (κ1) is 11.0. The molecule has 0 radical (unpaired) electrons. The summed E-state index contributed by atoms with van der Waals surface area (Å²) < 4.78 is 0. The third kappa shape index (κ3) is 1.82. The second kappa shape index (κ2) is 3.98. The first-order valence-corrected chi connectivity index (χ1v) is 7.07. The van der Waals surface area contributed by atoms with Crippen LogP contribution in [0.2, 0.25) is 0 Å². The number of nitrogens with one attached hydrogen (secondary N) is 1. The molecule has 0 saturated carbocycles. The number of hydrogen-bond acceptors (Lipinski definition) is 3. The van der Waals surface area contributed by atoms with Gasteiger partial charge >= 0.3 is 0 Å². The van der Waals surface area contributed by atoms with Crippen LogP contribution in [0.15, 0.2) is 22.3 Å². The number of thiophene rings is 1. The van der Waals surface area contributed by atoms with E-state index < -0.39 is 0 Å². The van der Waals surface area contributed by atoms with Crippen LogP contribution in [0.5, 0.6) is 0 Å². The van der Waals surface area contributed by atoms with Gasteiger partial charge in [0.05, 0.1) is 5.84 Å². The van der Waals surface area contributed by atoms with E-state index in [2.05, 4.69) is 32.2 Å². The normalized spacial score (nSPS) is 23.5.